The van der Waals surface area contributed by atoms with E-state index in [0.717, 1.165) is 0 Å². The lowest BCUT2D eigenvalue weighted by molar-refractivity contribution is 0.590. The Labute approximate surface area is 220 Å². The molecule has 0 heteroatoms. The summed E-state index contributed by atoms with van der Waals surface area (Å²) in [6, 6.07) is 23.8. The van der Waals surface area contributed by atoms with Crippen molar-refractivity contribution >= 4 is 0 Å². The van der Waals surface area contributed by atoms with Gasteiger partial charge in [0.15, 0.2) is 0 Å². The van der Waals surface area contributed by atoms with Crippen LogP contribution in [0.3, 0.4) is 0 Å². The minimum Gasteiger partial charge on any atom is -0.0579 e. The highest BCUT2D eigenvalue weighted by molar-refractivity contribution is 5.98. The van der Waals surface area contributed by atoms with Gasteiger partial charge in [0.05, 0.1) is 0 Å². The molecule has 36 heavy (non-hydrogen) atoms. The molecule has 0 aromatic rings. The molecule has 0 saturated heterocycles. The average Bonchev–Trinajstić information content (AvgIpc) is 3.04. The van der Waals surface area contributed by atoms with Crippen molar-refractivity contribution in [3.8, 4) is 33.4 Å². The van der Waals surface area contributed by atoms with Crippen LogP contribution in [-0.4, -0.2) is 0 Å². The molecule has 0 spiro atoms. The summed E-state index contributed by atoms with van der Waals surface area (Å²) in [6.07, 6.45) is 0. The Hall–Kier alpha value is -2.60. The Kier molecular flexibility index (Phi) is 6.23. The lowest BCUT2D eigenvalue weighted by Gasteiger charge is -2.19. The molecule has 0 heterocycles. The molecule has 0 aromatic carbocycles. The van der Waals surface area contributed by atoms with Gasteiger partial charge in [-0.05, 0) is 89.4 Å². The highest BCUT2D eigenvalue weighted by Crippen LogP contribution is 2.50. The van der Waals surface area contributed by atoms with E-state index in [0.29, 0.717) is 0 Å². The molecule has 0 saturated carbocycles. The first kappa shape index (κ1) is 26.5. The van der Waals surface area contributed by atoms with Crippen LogP contribution < -0.4 is 0 Å². The molecule has 0 radical (unpaired) electrons. The van der Waals surface area contributed by atoms with E-state index >= 15 is 0 Å². The van der Waals surface area contributed by atoms with Crippen LogP contribution in [0.4, 0.5) is 0 Å². The molecule has 0 fully saturated rings. The van der Waals surface area contributed by atoms with Crippen molar-refractivity contribution in [3.05, 3.63) is 82.9 Å². The summed E-state index contributed by atoms with van der Waals surface area (Å²) in [7, 11) is 0. The van der Waals surface area contributed by atoms with Gasteiger partial charge in [0.2, 0.25) is 0 Å². The molecule has 0 N–H and O–H groups in total. The first-order valence-corrected chi connectivity index (χ1v) is 13.5. The van der Waals surface area contributed by atoms with Gasteiger partial charge < -0.3 is 0 Å². The molecule has 0 aromatic heterocycles. The van der Waals surface area contributed by atoms with E-state index in [1.165, 1.54) is 55.6 Å². The van der Waals surface area contributed by atoms with E-state index in [1.54, 1.807) is 0 Å². The third kappa shape index (κ3) is 4.84. The predicted molar refractivity (Wildman–Crippen MR) is 160 cm³/mol. The Balaban J connectivity index is 2.09. The summed E-state index contributed by atoms with van der Waals surface area (Å²) in [5.41, 5.74) is 14.1. The second-order valence-electron chi connectivity index (χ2n) is 14.8. The highest BCUT2D eigenvalue weighted by Gasteiger charge is 2.30. The van der Waals surface area contributed by atoms with Gasteiger partial charge in [-0.1, -0.05) is 132 Å². The molecule has 4 rings (SSSR count). The molecule has 0 atom stereocenters. The van der Waals surface area contributed by atoms with Crippen molar-refractivity contribution in [1.82, 2.24) is 0 Å². The van der Waals surface area contributed by atoms with Gasteiger partial charge in [-0.25, -0.2) is 0 Å². The molecule has 0 amide bonds. The summed E-state index contributed by atoms with van der Waals surface area (Å²) in [5.74, 6) is 0. The van der Waals surface area contributed by atoms with Gasteiger partial charge in [-0.2, -0.15) is 0 Å². The molecule has 4 aliphatic rings. The van der Waals surface area contributed by atoms with Crippen LogP contribution in [0.2, 0.25) is 0 Å². The molecule has 0 aliphatic heterocycles. The zero-order valence-electron chi connectivity index (χ0n) is 24.8. The van der Waals surface area contributed by atoms with E-state index in [9.17, 15) is 0 Å². The molecular weight excluding hydrogens is 432 g/mol. The summed E-state index contributed by atoms with van der Waals surface area (Å²) in [4.78, 5) is 0. The summed E-state index contributed by atoms with van der Waals surface area (Å²) in [5, 5.41) is 0. The zero-order chi connectivity index (χ0) is 26.8. The monoisotopic (exact) mass is 478 g/mol. The van der Waals surface area contributed by atoms with E-state index in [1.807, 2.05) is 0 Å². The third-order valence-corrected chi connectivity index (χ3v) is 7.67. The van der Waals surface area contributed by atoms with Gasteiger partial charge >= 0.3 is 0 Å². The van der Waals surface area contributed by atoms with Crippen molar-refractivity contribution in [1.29, 1.82) is 0 Å². The van der Waals surface area contributed by atoms with Crippen molar-refractivity contribution in [2.45, 2.75) is 105 Å². The first-order chi connectivity index (χ1) is 16.4. The summed E-state index contributed by atoms with van der Waals surface area (Å²) < 4.78 is 0. The second kappa shape index (κ2) is 8.47. The third-order valence-electron chi connectivity index (χ3n) is 7.67. The lowest BCUT2D eigenvalue weighted by Crippen LogP contribution is -2.10. The molecule has 0 unspecified atom stereocenters. The van der Waals surface area contributed by atoms with Gasteiger partial charge in [0.25, 0.3) is 0 Å². The largest absolute Gasteiger partial charge is 0.0579 e. The first-order valence-electron chi connectivity index (χ1n) is 13.5. The summed E-state index contributed by atoms with van der Waals surface area (Å²) >= 11 is 0. The van der Waals surface area contributed by atoms with Gasteiger partial charge in [0.1, 0.15) is 0 Å². The van der Waals surface area contributed by atoms with Gasteiger partial charge in [0, 0.05) is 0 Å². The van der Waals surface area contributed by atoms with Crippen LogP contribution in [0.5, 0.6) is 0 Å². The maximum Gasteiger partial charge on any atom is -0.00958 e. The molecular formula is C36H46. The molecule has 4 aliphatic carbocycles. The minimum absolute atomic E-state index is 0.0616. The van der Waals surface area contributed by atoms with Gasteiger partial charge in [-0.3, -0.25) is 0 Å². The van der Waals surface area contributed by atoms with Crippen molar-refractivity contribution in [2.75, 3.05) is 0 Å². The number of hydrogen-bond donors (Lipinski definition) is 0. The smallest absolute Gasteiger partial charge is 0.00958 e. The van der Waals surface area contributed by atoms with Crippen molar-refractivity contribution < 1.29 is 0 Å². The normalized spacial score (nSPS) is 13.6. The molecule has 0 nitrogen and oxygen atoms in total. The number of hydrogen-bond acceptors (Lipinski definition) is 0. The van der Waals surface area contributed by atoms with E-state index in [-0.39, 0.29) is 21.7 Å². The van der Waals surface area contributed by atoms with Crippen LogP contribution in [0.15, 0.2) is 60.7 Å². The van der Waals surface area contributed by atoms with Crippen LogP contribution >= 0.6 is 0 Å². The van der Waals surface area contributed by atoms with Crippen molar-refractivity contribution in [2.24, 2.45) is 0 Å². The maximum absolute atomic E-state index is 2.47. The zero-order valence-corrected chi connectivity index (χ0v) is 24.8. The van der Waals surface area contributed by atoms with Crippen LogP contribution in [0.1, 0.15) is 105 Å². The second-order valence-corrected chi connectivity index (χ2v) is 14.8. The van der Waals surface area contributed by atoms with E-state index in [4.69, 9.17) is 0 Å². The lowest BCUT2D eigenvalue weighted by atomic mass is 9.85. The topological polar surface area (TPSA) is 0 Å². The van der Waals surface area contributed by atoms with Crippen LogP contribution in [-0.2, 0) is 21.7 Å². The maximum atomic E-state index is 2.47. The van der Waals surface area contributed by atoms with Crippen LogP contribution in [0.25, 0.3) is 33.4 Å². The standard InChI is InChI=1S/C36H46/c1-33(2,3)23-13-17-25-27(19-15-23)31(35(7,8)9)21-29(25)30-22-32(36(10,11)12)28-20-16-24(34(4,5)6)14-18-26(28)30/h13-22H,1-12H3. The Bertz CT molecular complexity index is 1230. The highest BCUT2D eigenvalue weighted by atomic mass is 14.3. The molecule has 190 valence electrons. The van der Waals surface area contributed by atoms with Gasteiger partial charge in [-0.15, -0.1) is 0 Å². The fourth-order valence-corrected chi connectivity index (χ4v) is 5.39. The van der Waals surface area contributed by atoms with Crippen LogP contribution in [0, 0.1) is 0 Å². The number of rotatable bonds is 1. The molecule has 0 bridgehead atoms. The fourth-order valence-electron chi connectivity index (χ4n) is 5.39. The minimum atomic E-state index is 0.0616. The van der Waals surface area contributed by atoms with E-state index < -0.39 is 0 Å². The average molecular weight is 479 g/mol. The Morgan fingerprint density at radius 3 is 0.833 bits per heavy atom. The Morgan fingerprint density at radius 1 is 0.306 bits per heavy atom. The SMILES string of the molecule is CC(C)(C)c1ccc2c(-c3cc(C(C)(C)C)c4ccc(C(C)(C)C)ccc3-4)cc(C(C)(C)C)c-2cc1. The fraction of sp³-hybridized carbons (Fsp3) is 0.444. The number of fused-ring (bicyclic) bond motifs is 2. The van der Waals surface area contributed by atoms with Crippen molar-refractivity contribution in [3.63, 3.8) is 0 Å². The van der Waals surface area contributed by atoms with E-state index in [2.05, 4.69) is 144 Å². The Morgan fingerprint density at radius 2 is 0.583 bits per heavy atom. The summed E-state index contributed by atoms with van der Waals surface area (Å²) in [6.45, 7) is 27.8. The quantitative estimate of drug-likeness (QED) is 0.255. The predicted octanol–water partition coefficient (Wildman–Crippen LogP) is 10.8.